The third kappa shape index (κ3) is 3.97. The van der Waals surface area contributed by atoms with Crippen LogP contribution in [-0.4, -0.2) is 46.3 Å². The summed E-state index contributed by atoms with van der Waals surface area (Å²) in [6.45, 7) is 4.31. The second-order valence-corrected chi connectivity index (χ2v) is 11.0. The number of Topliss-reactive ketones (excluding diaryl/α,β-unsaturated/α-hetero) is 1. The van der Waals surface area contributed by atoms with Crippen LogP contribution >= 0.6 is 0 Å². The summed E-state index contributed by atoms with van der Waals surface area (Å²) in [5, 5.41) is 11.9. The molecule has 1 aromatic heterocycles. The summed E-state index contributed by atoms with van der Waals surface area (Å²) in [5.41, 5.74) is 5.35. The topological polar surface area (TPSA) is 93.9 Å². The van der Waals surface area contributed by atoms with Crippen molar-refractivity contribution in [3.05, 3.63) is 52.8 Å². The predicted octanol–water partition coefficient (Wildman–Crippen LogP) is 5.28. The SMILES string of the molecule is COC(=O)N1c2ccc3c(nc([C@@H](O)c4cccc5c4OCC5)n3[C@@H]3CCC[C@@H](C(C)=O)C3)c2CC[C@@H]1C. The van der Waals surface area contributed by atoms with Gasteiger partial charge < -0.3 is 19.1 Å². The zero-order valence-corrected chi connectivity index (χ0v) is 22.3. The van der Waals surface area contributed by atoms with Crippen LogP contribution < -0.4 is 9.64 Å². The first-order chi connectivity index (χ1) is 18.4. The molecule has 0 radical (unpaired) electrons. The highest BCUT2D eigenvalue weighted by atomic mass is 16.5. The fraction of sp³-hybridized carbons (Fsp3) is 0.500. The first-order valence-electron chi connectivity index (χ1n) is 13.7. The molecule has 1 saturated carbocycles. The molecule has 1 fully saturated rings. The van der Waals surface area contributed by atoms with E-state index in [0.29, 0.717) is 18.0 Å². The number of rotatable bonds is 4. The molecule has 0 bridgehead atoms. The molecule has 38 heavy (non-hydrogen) atoms. The van der Waals surface area contributed by atoms with Crippen molar-refractivity contribution in [3.8, 4) is 5.75 Å². The Balaban J connectivity index is 1.54. The highest BCUT2D eigenvalue weighted by Crippen LogP contribution is 2.44. The number of aliphatic hydroxyl groups excluding tert-OH is 1. The molecule has 8 heteroatoms. The van der Waals surface area contributed by atoms with Gasteiger partial charge in [0.2, 0.25) is 0 Å². The van der Waals surface area contributed by atoms with E-state index in [2.05, 4.69) is 4.57 Å². The molecule has 2 aliphatic heterocycles. The first-order valence-corrected chi connectivity index (χ1v) is 13.7. The lowest BCUT2D eigenvalue weighted by Gasteiger charge is -2.34. The molecule has 2 aromatic carbocycles. The number of ketones is 1. The minimum Gasteiger partial charge on any atom is -0.493 e. The summed E-state index contributed by atoms with van der Waals surface area (Å²) >= 11 is 0. The van der Waals surface area contributed by atoms with E-state index in [9.17, 15) is 14.7 Å². The number of imidazole rings is 1. The van der Waals surface area contributed by atoms with Gasteiger partial charge in [0.15, 0.2) is 0 Å². The Kier molecular flexibility index (Phi) is 6.38. The highest BCUT2D eigenvalue weighted by Gasteiger charge is 2.35. The standard InChI is InChI=1S/C30H35N3O5/c1-17-10-11-22-24(32(17)30(36)37-3)12-13-25-26(22)31-29(33(25)21-8-4-7-20(16-21)18(2)34)27(35)23-9-5-6-19-14-15-38-28(19)23/h5-6,9,12-13,17,20-21,27,35H,4,7-8,10-11,14-16H2,1-3H3/t17-,20+,21+,27-/m0/s1. The summed E-state index contributed by atoms with van der Waals surface area (Å²) in [7, 11) is 1.40. The number of benzene rings is 2. The molecule has 8 nitrogen and oxygen atoms in total. The van der Waals surface area contributed by atoms with Crippen LogP contribution in [0.15, 0.2) is 30.3 Å². The van der Waals surface area contributed by atoms with Crippen molar-refractivity contribution >= 4 is 28.6 Å². The van der Waals surface area contributed by atoms with Crippen molar-refractivity contribution in [3.63, 3.8) is 0 Å². The predicted molar refractivity (Wildman–Crippen MR) is 144 cm³/mol. The molecule has 200 valence electrons. The third-order valence-electron chi connectivity index (χ3n) is 8.72. The molecule has 4 atom stereocenters. The smallest absolute Gasteiger partial charge is 0.414 e. The number of fused-ring (bicyclic) bond motifs is 4. The molecule has 3 aromatic rings. The van der Waals surface area contributed by atoms with Gasteiger partial charge in [-0.2, -0.15) is 0 Å². The van der Waals surface area contributed by atoms with Gasteiger partial charge in [0, 0.05) is 35.5 Å². The molecule has 6 rings (SSSR count). The lowest BCUT2D eigenvalue weighted by molar-refractivity contribution is -0.122. The molecule has 3 heterocycles. The van der Waals surface area contributed by atoms with E-state index in [1.54, 1.807) is 11.8 Å². The number of aliphatic hydroxyl groups is 1. The minimum atomic E-state index is -0.983. The van der Waals surface area contributed by atoms with Gasteiger partial charge >= 0.3 is 6.09 Å². The summed E-state index contributed by atoms with van der Waals surface area (Å²) < 4.78 is 13.2. The molecule has 0 spiro atoms. The average Bonchev–Trinajstić information content (AvgIpc) is 3.57. The number of amides is 1. The van der Waals surface area contributed by atoms with Crippen LogP contribution in [0.25, 0.3) is 11.0 Å². The summed E-state index contributed by atoms with van der Waals surface area (Å²) in [4.78, 5) is 31.9. The molecule has 1 amide bonds. The van der Waals surface area contributed by atoms with Crippen molar-refractivity contribution in [2.45, 2.75) is 77.0 Å². The van der Waals surface area contributed by atoms with Gasteiger partial charge in [-0.15, -0.1) is 0 Å². The molecular formula is C30H35N3O5. The van der Waals surface area contributed by atoms with Crippen LogP contribution in [0, 0.1) is 5.92 Å². The number of nitrogens with zero attached hydrogens (tertiary/aromatic N) is 3. The fourth-order valence-electron chi connectivity index (χ4n) is 6.73. The molecule has 0 unspecified atom stereocenters. The Hall–Kier alpha value is -3.39. The lowest BCUT2D eigenvalue weighted by Crippen LogP contribution is -2.42. The second kappa shape index (κ2) is 9.73. The zero-order chi connectivity index (χ0) is 26.6. The number of aromatic nitrogens is 2. The van der Waals surface area contributed by atoms with Crippen molar-refractivity contribution < 1.29 is 24.2 Å². The quantitative estimate of drug-likeness (QED) is 0.506. The fourth-order valence-corrected chi connectivity index (χ4v) is 6.73. The molecule has 1 N–H and O–H groups in total. The minimum absolute atomic E-state index is 0.00814. The normalized spacial score (nSPS) is 23.5. The van der Waals surface area contributed by atoms with Crippen molar-refractivity contribution in [2.75, 3.05) is 18.6 Å². The number of carbonyl (C=O) groups excluding carboxylic acids is 2. The number of carbonyl (C=O) groups is 2. The zero-order valence-electron chi connectivity index (χ0n) is 22.3. The van der Waals surface area contributed by atoms with Crippen LogP contribution in [0.2, 0.25) is 0 Å². The van der Waals surface area contributed by atoms with E-state index < -0.39 is 6.10 Å². The van der Waals surface area contributed by atoms with Gasteiger partial charge in [-0.3, -0.25) is 9.69 Å². The summed E-state index contributed by atoms with van der Waals surface area (Å²) in [6.07, 6.45) is 4.52. The van der Waals surface area contributed by atoms with E-state index in [0.717, 1.165) is 78.5 Å². The molecular weight excluding hydrogens is 482 g/mol. The molecule has 1 aliphatic carbocycles. The maximum absolute atomic E-state index is 12.7. The van der Waals surface area contributed by atoms with Crippen LogP contribution in [0.5, 0.6) is 5.75 Å². The summed E-state index contributed by atoms with van der Waals surface area (Å²) in [5.74, 6) is 1.54. The molecule has 0 saturated heterocycles. The van der Waals surface area contributed by atoms with Gasteiger partial charge in [-0.25, -0.2) is 9.78 Å². The Bertz CT molecular complexity index is 1410. The lowest BCUT2D eigenvalue weighted by atomic mass is 9.83. The monoisotopic (exact) mass is 517 g/mol. The van der Waals surface area contributed by atoms with Crippen molar-refractivity contribution in [2.24, 2.45) is 5.92 Å². The Morgan fingerprint density at radius 3 is 2.79 bits per heavy atom. The number of anilines is 1. The Morgan fingerprint density at radius 1 is 1.16 bits per heavy atom. The van der Waals surface area contributed by atoms with Gasteiger partial charge in [0.1, 0.15) is 23.5 Å². The van der Waals surface area contributed by atoms with Gasteiger partial charge in [-0.1, -0.05) is 24.6 Å². The number of hydrogen-bond acceptors (Lipinski definition) is 6. The van der Waals surface area contributed by atoms with Crippen molar-refractivity contribution in [1.29, 1.82) is 0 Å². The molecule has 3 aliphatic rings. The third-order valence-corrected chi connectivity index (χ3v) is 8.72. The van der Waals surface area contributed by atoms with Gasteiger partial charge in [0.05, 0.1) is 30.4 Å². The second-order valence-electron chi connectivity index (χ2n) is 11.0. The number of aryl methyl sites for hydroxylation is 1. The van der Waals surface area contributed by atoms with E-state index >= 15 is 0 Å². The van der Waals surface area contributed by atoms with Crippen LogP contribution in [0.4, 0.5) is 10.5 Å². The maximum atomic E-state index is 12.7. The summed E-state index contributed by atoms with van der Waals surface area (Å²) in [6, 6.07) is 9.96. The number of ether oxygens (including phenoxy) is 2. The maximum Gasteiger partial charge on any atom is 0.414 e. The number of methoxy groups -OCH3 is 1. The Morgan fingerprint density at radius 2 is 2.00 bits per heavy atom. The van der Waals surface area contributed by atoms with E-state index in [1.165, 1.54) is 7.11 Å². The van der Waals surface area contributed by atoms with Crippen molar-refractivity contribution in [1.82, 2.24) is 9.55 Å². The van der Waals surface area contributed by atoms with Crippen LogP contribution in [0.1, 0.15) is 80.6 Å². The Labute approximate surface area is 222 Å². The van der Waals surface area contributed by atoms with Crippen LogP contribution in [-0.2, 0) is 22.4 Å². The number of para-hydroxylation sites is 1. The van der Waals surface area contributed by atoms with E-state index in [1.807, 2.05) is 37.3 Å². The van der Waals surface area contributed by atoms with Gasteiger partial charge in [-0.05, 0) is 63.6 Å². The van der Waals surface area contributed by atoms with Gasteiger partial charge in [0.25, 0.3) is 0 Å². The highest BCUT2D eigenvalue weighted by molar-refractivity contribution is 5.95. The van der Waals surface area contributed by atoms with E-state index in [4.69, 9.17) is 14.5 Å². The van der Waals surface area contributed by atoms with E-state index in [-0.39, 0.29) is 29.9 Å². The first kappa shape index (κ1) is 24.9. The van der Waals surface area contributed by atoms with Crippen LogP contribution in [0.3, 0.4) is 0 Å². The average molecular weight is 518 g/mol. The number of hydrogen-bond donors (Lipinski definition) is 1. The largest absolute Gasteiger partial charge is 0.493 e.